The van der Waals surface area contributed by atoms with Crippen LogP contribution in [-0.2, 0) is 4.74 Å². The first kappa shape index (κ1) is 18.9. The van der Waals surface area contributed by atoms with E-state index in [0.717, 1.165) is 0 Å². The third-order valence-corrected chi connectivity index (χ3v) is 3.47. The van der Waals surface area contributed by atoms with Crippen molar-refractivity contribution in [1.82, 2.24) is 4.98 Å². The first-order chi connectivity index (χ1) is 11.8. The minimum atomic E-state index is -0.583. The fourth-order valence-electron chi connectivity index (χ4n) is 2.12. The summed E-state index contributed by atoms with van der Waals surface area (Å²) in [5, 5.41) is 3.73. The molecule has 0 unspecified atom stereocenters. The maximum atomic E-state index is 12.6. The third-order valence-electron chi connectivity index (χ3n) is 3.22. The highest BCUT2D eigenvalue weighted by Crippen LogP contribution is 2.21. The molecule has 1 amide bonds. The molecule has 0 fully saturated rings. The molecule has 7 heteroatoms. The van der Waals surface area contributed by atoms with Gasteiger partial charge in [0.1, 0.15) is 11.4 Å². The van der Waals surface area contributed by atoms with E-state index in [0.29, 0.717) is 35.3 Å². The average molecular weight is 363 g/mol. The molecule has 0 aliphatic carbocycles. The Bertz CT molecular complexity index is 714. The highest BCUT2D eigenvalue weighted by Gasteiger charge is 2.23. The number of carbonyl (C=O) groups excluding carboxylic acids is 1. The van der Waals surface area contributed by atoms with E-state index >= 15 is 0 Å². The Balaban J connectivity index is 2.10. The number of aromatic nitrogens is 1. The van der Waals surface area contributed by atoms with Gasteiger partial charge >= 0.3 is 6.09 Å². The van der Waals surface area contributed by atoms with Crippen molar-refractivity contribution < 1.29 is 9.53 Å². The van der Waals surface area contributed by atoms with Crippen molar-refractivity contribution in [3.05, 3.63) is 47.6 Å². The Morgan fingerprint density at radius 2 is 1.96 bits per heavy atom. The summed E-state index contributed by atoms with van der Waals surface area (Å²) >= 11 is 5.94. The molecular weight excluding hydrogens is 340 g/mol. The van der Waals surface area contributed by atoms with Crippen molar-refractivity contribution in [3.63, 3.8) is 0 Å². The number of hydrogen-bond acceptors (Lipinski definition) is 5. The summed E-state index contributed by atoms with van der Waals surface area (Å²) in [5.41, 5.74) is 6.54. The molecule has 0 spiro atoms. The van der Waals surface area contributed by atoms with Gasteiger partial charge in [-0.05, 0) is 57.2 Å². The van der Waals surface area contributed by atoms with Gasteiger partial charge in [-0.1, -0.05) is 11.6 Å². The minimum Gasteiger partial charge on any atom is -0.443 e. The smallest absolute Gasteiger partial charge is 0.414 e. The predicted octanol–water partition coefficient (Wildman–Crippen LogP) is 4.17. The van der Waals surface area contributed by atoms with Crippen LogP contribution in [0.4, 0.5) is 22.0 Å². The molecule has 0 aliphatic rings. The summed E-state index contributed by atoms with van der Waals surface area (Å²) in [5.74, 6) is 0.586. The number of benzene rings is 1. The molecule has 0 aliphatic heterocycles. The molecule has 2 aromatic rings. The van der Waals surface area contributed by atoms with Gasteiger partial charge in [0.05, 0.1) is 5.69 Å². The van der Waals surface area contributed by atoms with Crippen LogP contribution in [-0.4, -0.2) is 29.8 Å². The molecule has 0 bridgehead atoms. The second kappa shape index (κ2) is 8.07. The van der Waals surface area contributed by atoms with Crippen molar-refractivity contribution in [2.24, 2.45) is 0 Å². The fourth-order valence-corrected chi connectivity index (χ4v) is 2.24. The fraction of sp³-hybridized carbons (Fsp3) is 0.333. The molecule has 0 saturated carbocycles. The van der Waals surface area contributed by atoms with Crippen LogP contribution in [0, 0.1) is 0 Å². The lowest BCUT2D eigenvalue weighted by Crippen LogP contribution is -2.39. The number of rotatable bonds is 5. The van der Waals surface area contributed by atoms with Gasteiger partial charge in [0, 0.05) is 30.0 Å². The van der Waals surface area contributed by atoms with Crippen LogP contribution in [0.1, 0.15) is 20.8 Å². The number of halogens is 1. The van der Waals surface area contributed by atoms with Gasteiger partial charge in [-0.2, -0.15) is 0 Å². The molecule has 6 nitrogen and oxygen atoms in total. The van der Waals surface area contributed by atoms with Gasteiger partial charge in [-0.15, -0.1) is 0 Å². The number of ether oxygens (including phenoxy) is 1. The Hall–Kier alpha value is -2.47. The molecule has 0 saturated heterocycles. The second-order valence-electron chi connectivity index (χ2n) is 6.48. The van der Waals surface area contributed by atoms with Crippen LogP contribution >= 0.6 is 11.6 Å². The number of anilines is 3. The van der Waals surface area contributed by atoms with Gasteiger partial charge in [-0.3, -0.25) is 4.90 Å². The molecule has 0 atom stereocenters. The Morgan fingerprint density at radius 3 is 2.56 bits per heavy atom. The van der Waals surface area contributed by atoms with E-state index in [9.17, 15) is 4.79 Å². The van der Waals surface area contributed by atoms with Crippen molar-refractivity contribution in [2.45, 2.75) is 26.4 Å². The predicted molar refractivity (Wildman–Crippen MR) is 102 cm³/mol. The summed E-state index contributed by atoms with van der Waals surface area (Å²) in [7, 11) is 0. The number of hydrogen-bond donors (Lipinski definition) is 2. The van der Waals surface area contributed by atoms with Crippen LogP contribution in [0.25, 0.3) is 0 Å². The molecule has 1 aromatic heterocycles. The first-order valence-corrected chi connectivity index (χ1v) is 8.34. The normalized spacial score (nSPS) is 11.0. The first-order valence-electron chi connectivity index (χ1n) is 7.97. The topological polar surface area (TPSA) is 80.5 Å². The van der Waals surface area contributed by atoms with Crippen LogP contribution in [0.15, 0.2) is 42.6 Å². The van der Waals surface area contributed by atoms with Gasteiger partial charge < -0.3 is 15.8 Å². The summed E-state index contributed by atoms with van der Waals surface area (Å²) in [6.45, 7) is 6.34. The zero-order chi connectivity index (χ0) is 18.4. The van der Waals surface area contributed by atoms with E-state index in [1.54, 1.807) is 47.5 Å². The van der Waals surface area contributed by atoms with E-state index in [4.69, 9.17) is 22.1 Å². The van der Waals surface area contributed by atoms with Crippen LogP contribution in [0.5, 0.6) is 0 Å². The lowest BCUT2D eigenvalue weighted by atomic mass is 10.2. The number of pyridine rings is 1. The van der Waals surface area contributed by atoms with Crippen LogP contribution in [0.2, 0.25) is 5.02 Å². The molecule has 3 N–H and O–H groups in total. The van der Waals surface area contributed by atoms with E-state index in [1.807, 2.05) is 20.8 Å². The van der Waals surface area contributed by atoms with E-state index in [-0.39, 0.29) is 0 Å². The van der Waals surface area contributed by atoms with Crippen molar-refractivity contribution >= 4 is 34.9 Å². The lowest BCUT2D eigenvalue weighted by Gasteiger charge is -2.27. The lowest BCUT2D eigenvalue weighted by molar-refractivity contribution is 0.0582. The van der Waals surface area contributed by atoms with Crippen LogP contribution in [0.3, 0.4) is 0 Å². The summed E-state index contributed by atoms with van der Waals surface area (Å²) in [4.78, 5) is 18.3. The van der Waals surface area contributed by atoms with Crippen molar-refractivity contribution in [3.8, 4) is 0 Å². The summed E-state index contributed by atoms with van der Waals surface area (Å²) in [6.07, 6.45) is 1.23. The SMILES string of the molecule is CC(C)(C)OC(=O)N(CCNc1ncccc1N)c1ccc(Cl)cc1. The van der Waals surface area contributed by atoms with Gasteiger partial charge in [0.15, 0.2) is 0 Å². The van der Waals surface area contributed by atoms with E-state index in [2.05, 4.69) is 10.3 Å². The standard InChI is InChI=1S/C18H23ClN4O2/c1-18(2,3)25-17(24)23(14-8-6-13(19)7-9-14)12-11-22-16-15(20)5-4-10-21-16/h4-10H,11-12,20H2,1-3H3,(H,21,22). The largest absolute Gasteiger partial charge is 0.443 e. The zero-order valence-electron chi connectivity index (χ0n) is 14.6. The number of carbonyl (C=O) groups is 1. The Labute approximate surface area is 152 Å². The number of nitrogens with zero attached hydrogens (tertiary/aromatic N) is 2. The maximum absolute atomic E-state index is 12.6. The Kier molecular flexibility index (Phi) is 6.09. The van der Waals surface area contributed by atoms with Crippen LogP contribution < -0.4 is 16.0 Å². The number of nitrogens with one attached hydrogen (secondary N) is 1. The second-order valence-corrected chi connectivity index (χ2v) is 6.91. The van der Waals surface area contributed by atoms with Gasteiger partial charge in [0.25, 0.3) is 0 Å². The molecule has 2 rings (SSSR count). The quantitative estimate of drug-likeness (QED) is 0.834. The molecule has 25 heavy (non-hydrogen) atoms. The summed E-state index contributed by atoms with van der Waals surface area (Å²) in [6, 6.07) is 10.6. The zero-order valence-corrected chi connectivity index (χ0v) is 15.4. The number of nitrogen functional groups attached to an aromatic ring is 1. The van der Waals surface area contributed by atoms with E-state index < -0.39 is 11.7 Å². The highest BCUT2D eigenvalue weighted by atomic mass is 35.5. The maximum Gasteiger partial charge on any atom is 0.414 e. The van der Waals surface area contributed by atoms with Crippen molar-refractivity contribution in [2.75, 3.05) is 29.0 Å². The Morgan fingerprint density at radius 1 is 1.28 bits per heavy atom. The molecule has 1 aromatic carbocycles. The highest BCUT2D eigenvalue weighted by molar-refractivity contribution is 6.30. The number of nitrogens with two attached hydrogens (primary N) is 1. The molecule has 134 valence electrons. The van der Waals surface area contributed by atoms with Gasteiger partial charge in [0.2, 0.25) is 0 Å². The molecule has 0 radical (unpaired) electrons. The number of amides is 1. The molecular formula is C18H23ClN4O2. The minimum absolute atomic E-state index is 0.382. The monoisotopic (exact) mass is 362 g/mol. The molecule has 1 heterocycles. The summed E-state index contributed by atoms with van der Waals surface area (Å²) < 4.78 is 5.50. The van der Waals surface area contributed by atoms with Crippen molar-refractivity contribution in [1.29, 1.82) is 0 Å². The van der Waals surface area contributed by atoms with Gasteiger partial charge in [-0.25, -0.2) is 9.78 Å². The third kappa shape index (κ3) is 5.83. The average Bonchev–Trinajstić information content (AvgIpc) is 2.52. The van der Waals surface area contributed by atoms with E-state index in [1.165, 1.54) is 0 Å².